The topological polar surface area (TPSA) is 87.2 Å². The van der Waals surface area contributed by atoms with Crippen LogP contribution in [0.5, 0.6) is 0 Å². The monoisotopic (exact) mass is 442 g/mol. The van der Waals surface area contributed by atoms with Crippen LogP contribution in [0.3, 0.4) is 0 Å². The van der Waals surface area contributed by atoms with E-state index in [2.05, 4.69) is 10.3 Å². The van der Waals surface area contributed by atoms with E-state index in [0.29, 0.717) is 35.6 Å². The molecule has 4 rings (SSSR count). The van der Waals surface area contributed by atoms with E-state index >= 15 is 0 Å². The molecule has 1 aliphatic carbocycles. The molecule has 2 N–H and O–H groups in total. The highest BCUT2D eigenvalue weighted by Gasteiger charge is 2.27. The number of aromatic nitrogens is 2. The minimum Gasteiger partial charge on any atom is -0.356 e. The largest absolute Gasteiger partial charge is 0.356 e. The van der Waals surface area contributed by atoms with Crippen LogP contribution in [-0.2, 0) is 16.1 Å². The van der Waals surface area contributed by atoms with Gasteiger partial charge in [0.05, 0.1) is 10.9 Å². The van der Waals surface area contributed by atoms with E-state index < -0.39 is 0 Å². The zero-order valence-corrected chi connectivity index (χ0v) is 18.6. The number of benzene rings is 1. The molecule has 2 amide bonds. The van der Waals surface area contributed by atoms with Crippen molar-refractivity contribution in [2.24, 2.45) is 11.8 Å². The van der Waals surface area contributed by atoms with Crippen molar-refractivity contribution in [3.8, 4) is 0 Å². The third kappa shape index (κ3) is 5.06. The van der Waals surface area contributed by atoms with Gasteiger partial charge in [-0.3, -0.25) is 19.0 Å². The van der Waals surface area contributed by atoms with E-state index in [1.54, 1.807) is 4.57 Å². The summed E-state index contributed by atoms with van der Waals surface area (Å²) in [7, 11) is 0. The summed E-state index contributed by atoms with van der Waals surface area (Å²) < 4.78 is 2.13. The zero-order chi connectivity index (χ0) is 21.8. The number of aromatic amines is 1. The Morgan fingerprint density at radius 2 is 1.94 bits per heavy atom. The highest BCUT2D eigenvalue weighted by Crippen LogP contribution is 2.30. The van der Waals surface area contributed by atoms with E-state index in [-0.39, 0.29) is 23.3 Å². The van der Waals surface area contributed by atoms with E-state index in [4.69, 9.17) is 12.2 Å². The summed E-state index contributed by atoms with van der Waals surface area (Å²) in [5, 5.41) is 3.69. The summed E-state index contributed by atoms with van der Waals surface area (Å²) in [4.78, 5) is 42.0. The molecule has 8 heteroatoms. The highest BCUT2D eigenvalue weighted by atomic mass is 32.1. The fraction of sp³-hybridized carbons (Fsp3) is 0.565. The lowest BCUT2D eigenvalue weighted by Crippen LogP contribution is -2.36. The molecule has 1 aliphatic heterocycles. The first-order valence-corrected chi connectivity index (χ1v) is 11.7. The standard InChI is InChI=1S/C23H30N4O3S/c28-20-7-3-13-26(20)14-4-12-24-21(29)17-10-8-16(9-11-17)15-27-22(30)18-5-1-2-6-19(18)25-23(27)31/h1-2,5-6,16-17H,3-4,7-15H2,(H,24,29)(H,25,31). The van der Waals surface area contributed by atoms with Gasteiger partial charge in [0.2, 0.25) is 11.8 Å². The molecule has 0 unspecified atom stereocenters. The first-order chi connectivity index (χ1) is 15.0. The van der Waals surface area contributed by atoms with Crippen LogP contribution in [0.4, 0.5) is 0 Å². The SMILES string of the molecule is O=C(NCCCN1CCCC1=O)C1CCC(Cn2c(=S)[nH]c3ccccc3c2=O)CC1. The number of likely N-dealkylation sites (tertiary alicyclic amines) is 1. The Hall–Kier alpha value is -2.48. The molecule has 0 atom stereocenters. The van der Waals surface area contributed by atoms with Crippen molar-refractivity contribution in [2.45, 2.75) is 51.5 Å². The molecule has 7 nitrogen and oxygen atoms in total. The minimum absolute atomic E-state index is 0.0347. The second-order valence-corrected chi connectivity index (χ2v) is 9.12. The van der Waals surface area contributed by atoms with Gasteiger partial charge in [0, 0.05) is 38.5 Å². The Morgan fingerprint density at radius 3 is 2.68 bits per heavy atom. The van der Waals surface area contributed by atoms with Gasteiger partial charge in [-0.05, 0) is 68.8 Å². The predicted octanol–water partition coefficient (Wildman–Crippen LogP) is 2.99. The van der Waals surface area contributed by atoms with Gasteiger partial charge in [0.1, 0.15) is 0 Å². The fourth-order valence-electron chi connectivity index (χ4n) is 4.80. The summed E-state index contributed by atoms with van der Waals surface area (Å²) >= 11 is 5.43. The lowest BCUT2D eigenvalue weighted by Gasteiger charge is -2.28. The van der Waals surface area contributed by atoms with E-state index in [1.807, 2.05) is 29.2 Å². The van der Waals surface area contributed by atoms with Crippen LogP contribution in [0.25, 0.3) is 10.9 Å². The molecular weight excluding hydrogens is 412 g/mol. The molecule has 31 heavy (non-hydrogen) atoms. The van der Waals surface area contributed by atoms with Crippen molar-refractivity contribution < 1.29 is 9.59 Å². The van der Waals surface area contributed by atoms with E-state index in [9.17, 15) is 14.4 Å². The van der Waals surface area contributed by atoms with E-state index in [0.717, 1.165) is 57.1 Å². The fourth-order valence-corrected chi connectivity index (χ4v) is 5.06. The Balaban J connectivity index is 1.25. The molecule has 0 spiro atoms. The average Bonchev–Trinajstić information content (AvgIpc) is 3.19. The average molecular weight is 443 g/mol. The van der Waals surface area contributed by atoms with Gasteiger partial charge < -0.3 is 15.2 Å². The van der Waals surface area contributed by atoms with Gasteiger partial charge in [0.15, 0.2) is 4.77 Å². The Bertz CT molecular complexity index is 1070. The summed E-state index contributed by atoms with van der Waals surface area (Å²) in [6.07, 6.45) is 5.90. The van der Waals surface area contributed by atoms with Gasteiger partial charge >= 0.3 is 0 Å². The molecule has 1 saturated carbocycles. The molecule has 2 aromatic rings. The van der Waals surface area contributed by atoms with Crippen molar-refractivity contribution in [3.05, 3.63) is 39.4 Å². The number of carbonyl (C=O) groups excluding carboxylic acids is 2. The summed E-state index contributed by atoms with van der Waals surface area (Å²) in [5.41, 5.74) is 0.721. The number of hydrogen-bond acceptors (Lipinski definition) is 4. The van der Waals surface area contributed by atoms with Gasteiger partial charge in [-0.15, -0.1) is 0 Å². The van der Waals surface area contributed by atoms with Gasteiger partial charge in [0.25, 0.3) is 5.56 Å². The zero-order valence-electron chi connectivity index (χ0n) is 17.8. The smallest absolute Gasteiger partial charge is 0.262 e. The normalized spacial score (nSPS) is 21.5. The lowest BCUT2D eigenvalue weighted by molar-refractivity contribution is -0.127. The number of nitrogens with zero attached hydrogens (tertiary/aromatic N) is 2. The van der Waals surface area contributed by atoms with Crippen LogP contribution >= 0.6 is 12.2 Å². The Kier molecular flexibility index (Phi) is 6.85. The van der Waals surface area contributed by atoms with Gasteiger partial charge in [-0.1, -0.05) is 12.1 Å². The molecule has 2 fully saturated rings. The number of fused-ring (bicyclic) bond motifs is 1. The lowest BCUT2D eigenvalue weighted by atomic mass is 9.81. The second kappa shape index (κ2) is 9.77. The Labute approximate surface area is 186 Å². The van der Waals surface area contributed by atoms with Crippen LogP contribution in [-0.4, -0.2) is 45.9 Å². The molecule has 1 aromatic heterocycles. The third-order valence-electron chi connectivity index (χ3n) is 6.62. The number of hydrogen-bond donors (Lipinski definition) is 2. The van der Waals surface area contributed by atoms with Crippen molar-refractivity contribution >= 4 is 34.9 Å². The van der Waals surface area contributed by atoms with E-state index in [1.165, 1.54) is 0 Å². The molecule has 2 aliphatic rings. The molecule has 2 heterocycles. The van der Waals surface area contributed by atoms with Crippen molar-refractivity contribution in [1.82, 2.24) is 19.8 Å². The first kappa shape index (κ1) is 21.7. The van der Waals surface area contributed by atoms with Crippen molar-refractivity contribution in [2.75, 3.05) is 19.6 Å². The molecule has 0 radical (unpaired) electrons. The molecule has 1 aromatic carbocycles. The number of para-hydroxylation sites is 1. The molecular formula is C23H30N4O3S. The maximum absolute atomic E-state index is 12.8. The number of H-pyrrole nitrogens is 1. The maximum Gasteiger partial charge on any atom is 0.262 e. The molecule has 0 bridgehead atoms. The first-order valence-electron chi connectivity index (χ1n) is 11.3. The van der Waals surface area contributed by atoms with Crippen molar-refractivity contribution in [3.63, 3.8) is 0 Å². The third-order valence-corrected chi connectivity index (χ3v) is 6.95. The number of nitrogens with one attached hydrogen (secondary N) is 2. The number of amides is 2. The van der Waals surface area contributed by atoms with Crippen LogP contribution in [0.1, 0.15) is 44.9 Å². The summed E-state index contributed by atoms with van der Waals surface area (Å²) in [6, 6.07) is 7.43. The second-order valence-electron chi connectivity index (χ2n) is 8.74. The number of carbonyl (C=O) groups is 2. The van der Waals surface area contributed by atoms with Crippen LogP contribution in [0.2, 0.25) is 0 Å². The summed E-state index contributed by atoms with van der Waals surface area (Å²) in [5.74, 6) is 0.730. The highest BCUT2D eigenvalue weighted by molar-refractivity contribution is 7.71. The van der Waals surface area contributed by atoms with Gasteiger partial charge in [-0.25, -0.2) is 0 Å². The Morgan fingerprint density at radius 1 is 1.16 bits per heavy atom. The maximum atomic E-state index is 12.8. The minimum atomic E-state index is -0.0456. The molecule has 166 valence electrons. The quantitative estimate of drug-likeness (QED) is 0.510. The molecule has 1 saturated heterocycles. The van der Waals surface area contributed by atoms with Crippen LogP contribution in [0, 0.1) is 16.6 Å². The van der Waals surface area contributed by atoms with Crippen LogP contribution in [0.15, 0.2) is 29.1 Å². The number of rotatable bonds is 7. The summed E-state index contributed by atoms with van der Waals surface area (Å²) in [6.45, 7) is 2.79. The van der Waals surface area contributed by atoms with Crippen molar-refractivity contribution in [1.29, 1.82) is 0 Å². The van der Waals surface area contributed by atoms with Gasteiger partial charge in [-0.2, -0.15) is 0 Å². The predicted molar refractivity (Wildman–Crippen MR) is 122 cm³/mol. The van der Waals surface area contributed by atoms with Crippen LogP contribution < -0.4 is 10.9 Å².